The second-order valence-electron chi connectivity index (χ2n) is 4.84. The Labute approximate surface area is 122 Å². The number of aromatic carboxylic acids is 1. The lowest BCUT2D eigenvalue weighted by Crippen LogP contribution is -1.97. The number of carboxylic acids is 1. The third-order valence-electron chi connectivity index (χ3n) is 3.16. The third kappa shape index (κ3) is 2.84. The maximum atomic E-state index is 10.9. The van der Waals surface area contributed by atoms with Crippen LogP contribution in [-0.4, -0.2) is 30.5 Å². The van der Waals surface area contributed by atoms with E-state index in [9.17, 15) is 4.79 Å². The first kappa shape index (κ1) is 14.9. The van der Waals surface area contributed by atoms with Crippen molar-refractivity contribution in [2.75, 3.05) is 14.2 Å². The molecule has 1 N–H and O–H groups in total. The van der Waals surface area contributed by atoms with Crippen LogP contribution < -0.4 is 9.47 Å². The van der Waals surface area contributed by atoms with E-state index < -0.39 is 5.97 Å². The van der Waals surface area contributed by atoms with Gasteiger partial charge in [0.2, 0.25) is 5.76 Å². The molecular formula is C15H17NO5. The van der Waals surface area contributed by atoms with Gasteiger partial charge >= 0.3 is 5.97 Å². The first-order valence-electron chi connectivity index (χ1n) is 6.44. The molecule has 0 fully saturated rings. The number of methoxy groups -OCH3 is 2. The molecule has 0 radical (unpaired) electrons. The van der Waals surface area contributed by atoms with Gasteiger partial charge in [-0.2, -0.15) is 0 Å². The molecule has 0 spiro atoms. The summed E-state index contributed by atoms with van der Waals surface area (Å²) in [4.78, 5) is 10.9. The molecule has 6 heteroatoms. The van der Waals surface area contributed by atoms with E-state index in [1.807, 2.05) is 12.1 Å². The molecule has 21 heavy (non-hydrogen) atoms. The number of ether oxygens (including phenoxy) is 2. The van der Waals surface area contributed by atoms with Crippen molar-refractivity contribution in [3.8, 4) is 22.8 Å². The first-order valence-corrected chi connectivity index (χ1v) is 6.44. The van der Waals surface area contributed by atoms with Crippen LogP contribution in [-0.2, 0) is 0 Å². The van der Waals surface area contributed by atoms with Gasteiger partial charge in [0.05, 0.1) is 14.2 Å². The monoisotopic (exact) mass is 291 g/mol. The van der Waals surface area contributed by atoms with E-state index in [1.54, 1.807) is 7.11 Å². The molecule has 0 bridgehead atoms. The molecule has 112 valence electrons. The highest BCUT2D eigenvalue weighted by Crippen LogP contribution is 2.40. The molecule has 0 saturated carbocycles. The SMILES string of the molecule is COc1cc(C(C)C)cc(-c2cc(C(=O)O)on2)c1OC. The number of carboxylic acid groups (broad SMARTS) is 1. The van der Waals surface area contributed by atoms with E-state index >= 15 is 0 Å². The van der Waals surface area contributed by atoms with Gasteiger partial charge in [0.25, 0.3) is 0 Å². The van der Waals surface area contributed by atoms with Crippen LogP contribution in [0.1, 0.15) is 35.9 Å². The summed E-state index contributed by atoms with van der Waals surface area (Å²) in [6, 6.07) is 5.16. The Kier molecular flexibility index (Phi) is 4.16. The number of hydrogen-bond acceptors (Lipinski definition) is 5. The summed E-state index contributed by atoms with van der Waals surface area (Å²) >= 11 is 0. The summed E-state index contributed by atoms with van der Waals surface area (Å²) in [5, 5.41) is 12.7. The Morgan fingerprint density at radius 2 is 1.95 bits per heavy atom. The fraction of sp³-hybridized carbons (Fsp3) is 0.333. The molecule has 0 aliphatic rings. The molecule has 6 nitrogen and oxygen atoms in total. The van der Waals surface area contributed by atoms with Crippen LogP contribution in [0.3, 0.4) is 0 Å². The second kappa shape index (κ2) is 5.87. The summed E-state index contributed by atoms with van der Waals surface area (Å²) in [6.45, 7) is 4.10. The number of rotatable bonds is 5. The quantitative estimate of drug-likeness (QED) is 0.911. The molecule has 0 aliphatic heterocycles. The van der Waals surface area contributed by atoms with Gasteiger partial charge in [-0.15, -0.1) is 0 Å². The fourth-order valence-electron chi connectivity index (χ4n) is 2.01. The van der Waals surface area contributed by atoms with E-state index in [0.29, 0.717) is 22.8 Å². The predicted octanol–water partition coefficient (Wildman–Crippen LogP) is 3.18. The van der Waals surface area contributed by atoms with Crippen LogP contribution in [0, 0.1) is 0 Å². The van der Waals surface area contributed by atoms with Crippen LogP contribution >= 0.6 is 0 Å². The van der Waals surface area contributed by atoms with Crippen LogP contribution in [0.2, 0.25) is 0 Å². The zero-order valence-electron chi connectivity index (χ0n) is 12.3. The van der Waals surface area contributed by atoms with Gasteiger partial charge in [0.1, 0.15) is 5.69 Å². The minimum Gasteiger partial charge on any atom is -0.493 e. The number of aromatic nitrogens is 1. The van der Waals surface area contributed by atoms with Crippen molar-refractivity contribution in [1.29, 1.82) is 0 Å². The molecule has 0 unspecified atom stereocenters. The lowest BCUT2D eigenvalue weighted by atomic mass is 9.98. The Hall–Kier alpha value is -2.50. The highest BCUT2D eigenvalue weighted by Gasteiger charge is 2.20. The lowest BCUT2D eigenvalue weighted by Gasteiger charge is -2.15. The zero-order valence-corrected chi connectivity index (χ0v) is 12.3. The molecule has 1 aromatic heterocycles. The molecule has 2 rings (SSSR count). The Balaban J connectivity index is 2.63. The lowest BCUT2D eigenvalue weighted by molar-refractivity contribution is 0.0652. The molecule has 0 amide bonds. The second-order valence-corrected chi connectivity index (χ2v) is 4.84. The van der Waals surface area contributed by atoms with Crippen LogP contribution in [0.5, 0.6) is 11.5 Å². The van der Waals surface area contributed by atoms with Crippen molar-refractivity contribution < 1.29 is 23.9 Å². The first-order chi connectivity index (χ1) is 9.97. The fourth-order valence-corrected chi connectivity index (χ4v) is 2.01. The van der Waals surface area contributed by atoms with Crippen molar-refractivity contribution in [1.82, 2.24) is 5.16 Å². The average molecular weight is 291 g/mol. The molecular weight excluding hydrogens is 274 g/mol. The Morgan fingerprint density at radius 3 is 2.43 bits per heavy atom. The molecule has 2 aromatic rings. The van der Waals surface area contributed by atoms with E-state index in [2.05, 4.69) is 19.0 Å². The number of hydrogen-bond donors (Lipinski definition) is 1. The number of nitrogens with zero attached hydrogens (tertiary/aromatic N) is 1. The molecule has 0 aliphatic carbocycles. The van der Waals surface area contributed by atoms with Gasteiger partial charge in [-0.1, -0.05) is 19.0 Å². The maximum absolute atomic E-state index is 10.9. The van der Waals surface area contributed by atoms with Gasteiger partial charge in [-0.3, -0.25) is 0 Å². The molecule has 0 atom stereocenters. The molecule has 0 saturated heterocycles. The van der Waals surface area contributed by atoms with Crippen LogP contribution in [0.15, 0.2) is 22.7 Å². The Bertz CT molecular complexity index is 660. The van der Waals surface area contributed by atoms with Crippen molar-refractivity contribution >= 4 is 5.97 Å². The van der Waals surface area contributed by atoms with Gasteiger partial charge in [-0.25, -0.2) is 4.79 Å². The molecule has 1 heterocycles. The van der Waals surface area contributed by atoms with Gasteiger partial charge in [-0.05, 0) is 23.6 Å². The highest BCUT2D eigenvalue weighted by molar-refractivity contribution is 5.86. The topological polar surface area (TPSA) is 81.8 Å². The third-order valence-corrected chi connectivity index (χ3v) is 3.16. The Morgan fingerprint density at radius 1 is 1.24 bits per heavy atom. The minimum absolute atomic E-state index is 0.221. The maximum Gasteiger partial charge on any atom is 0.374 e. The van der Waals surface area contributed by atoms with E-state index in [4.69, 9.17) is 19.1 Å². The highest BCUT2D eigenvalue weighted by atomic mass is 16.5. The van der Waals surface area contributed by atoms with Crippen molar-refractivity contribution in [2.45, 2.75) is 19.8 Å². The number of benzene rings is 1. The van der Waals surface area contributed by atoms with Crippen LogP contribution in [0.4, 0.5) is 0 Å². The summed E-state index contributed by atoms with van der Waals surface area (Å²) in [7, 11) is 3.08. The van der Waals surface area contributed by atoms with Gasteiger partial charge in [0, 0.05) is 11.6 Å². The van der Waals surface area contributed by atoms with Crippen molar-refractivity contribution in [3.63, 3.8) is 0 Å². The summed E-state index contributed by atoms with van der Waals surface area (Å²) in [6.07, 6.45) is 0. The van der Waals surface area contributed by atoms with Gasteiger partial charge < -0.3 is 19.1 Å². The average Bonchev–Trinajstić information content (AvgIpc) is 2.95. The zero-order chi connectivity index (χ0) is 15.6. The molecule has 1 aromatic carbocycles. The van der Waals surface area contributed by atoms with E-state index in [1.165, 1.54) is 13.2 Å². The predicted molar refractivity (Wildman–Crippen MR) is 76.1 cm³/mol. The smallest absolute Gasteiger partial charge is 0.374 e. The standard InChI is InChI=1S/C15H17NO5/c1-8(2)9-5-10(14(20-4)12(6-9)19-3)11-7-13(15(17)18)21-16-11/h5-8H,1-4H3,(H,17,18). The van der Waals surface area contributed by atoms with Crippen LogP contribution in [0.25, 0.3) is 11.3 Å². The largest absolute Gasteiger partial charge is 0.493 e. The van der Waals surface area contributed by atoms with Gasteiger partial charge in [0.15, 0.2) is 11.5 Å². The van der Waals surface area contributed by atoms with E-state index in [0.717, 1.165) is 5.56 Å². The van der Waals surface area contributed by atoms with Crippen molar-refractivity contribution in [3.05, 3.63) is 29.5 Å². The summed E-state index contributed by atoms with van der Waals surface area (Å²) in [5.74, 6) is -0.0548. The summed E-state index contributed by atoms with van der Waals surface area (Å²) in [5.41, 5.74) is 2.06. The van der Waals surface area contributed by atoms with E-state index in [-0.39, 0.29) is 11.7 Å². The van der Waals surface area contributed by atoms with Crippen molar-refractivity contribution in [2.24, 2.45) is 0 Å². The normalized spacial score (nSPS) is 10.7. The summed E-state index contributed by atoms with van der Waals surface area (Å²) < 4.78 is 15.5. The number of carbonyl (C=O) groups is 1. The minimum atomic E-state index is -1.17.